The third-order valence-electron chi connectivity index (χ3n) is 3.76. The van der Waals surface area contributed by atoms with Crippen LogP contribution in [-0.2, 0) is 0 Å². The second-order valence-electron chi connectivity index (χ2n) is 5.50. The van der Waals surface area contributed by atoms with Gasteiger partial charge in [0.2, 0.25) is 0 Å². The maximum Gasteiger partial charge on any atom is 0.188 e. The van der Waals surface area contributed by atoms with Gasteiger partial charge in [0.05, 0.1) is 12.7 Å². The van der Waals surface area contributed by atoms with Gasteiger partial charge < -0.3 is 10.1 Å². The molecule has 0 atom stereocenters. The van der Waals surface area contributed by atoms with Crippen molar-refractivity contribution in [2.24, 2.45) is 0 Å². The molecule has 2 aromatic heterocycles. The number of ether oxygens (including phenoxy) is 1. The predicted molar refractivity (Wildman–Crippen MR) is 92.4 cm³/mol. The lowest BCUT2D eigenvalue weighted by atomic mass is 10.2. The highest BCUT2D eigenvalue weighted by molar-refractivity contribution is 5.62. The van der Waals surface area contributed by atoms with Gasteiger partial charge in [-0.1, -0.05) is 12.1 Å². The lowest BCUT2D eigenvalue weighted by Gasteiger charge is -2.08. The fraction of sp³-hybridized carbons (Fsp3) is 0.0556. The van der Waals surface area contributed by atoms with E-state index in [0.29, 0.717) is 22.9 Å². The number of rotatable bonds is 4. The minimum atomic E-state index is -0.440. The van der Waals surface area contributed by atoms with E-state index in [2.05, 4.69) is 20.6 Å². The van der Waals surface area contributed by atoms with Crippen LogP contribution in [0.5, 0.6) is 5.75 Å². The number of fused-ring (bicyclic) bond motifs is 1. The third-order valence-corrected chi connectivity index (χ3v) is 3.76. The van der Waals surface area contributed by atoms with Crippen LogP contribution in [0.25, 0.3) is 17.0 Å². The Morgan fingerprint density at radius 1 is 1.00 bits per heavy atom. The Labute approximate surface area is 147 Å². The molecular formula is C18H13F2N5O. The van der Waals surface area contributed by atoms with E-state index in [1.165, 1.54) is 29.8 Å². The number of hydrogen-bond acceptors (Lipinski definition) is 5. The molecule has 4 aromatic rings. The average molecular weight is 353 g/mol. The molecular weight excluding hydrogens is 340 g/mol. The smallest absolute Gasteiger partial charge is 0.188 e. The molecule has 0 saturated carbocycles. The van der Waals surface area contributed by atoms with Crippen LogP contribution in [0.3, 0.4) is 0 Å². The number of methoxy groups -OCH3 is 1. The SMILES string of the molecule is COc1cc(F)cc(Nc2ccc3nnc(-c4ccccc4F)n3n2)c1. The summed E-state index contributed by atoms with van der Waals surface area (Å²) in [4.78, 5) is 0. The van der Waals surface area contributed by atoms with Gasteiger partial charge in [-0.05, 0) is 30.3 Å². The van der Waals surface area contributed by atoms with Gasteiger partial charge in [-0.15, -0.1) is 15.3 Å². The number of anilines is 2. The Kier molecular flexibility index (Phi) is 3.92. The molecule has 4 rings (SSSR count). The standard InChI is InChI=1S/C18H13F2N5O/c1-26-13-9-11(19)8-12(10-13)21-16-6-7-17-22-23-18(25(17)24-16)14-4-2-3-5-15(14)20/h2-10H,1H3,(H,21,24). The van der Waals surface area contributed by atoms with E-state index in [1.807, 2.05) is 0 Å². The Bertz CT molecular complexity index is 1100. The number of nitrogens with one attached hydrogen (secondary N) is 1. The highest BCUT2D eigenvalue weighted by Gasteiger charge is 2.13. The minimum Gasteiger partial charge on any atom is -0.497 e. The van der Waals surface area contributed by atoms with E-state index in [1.54, 1.807) is 36.4 Å². The molecule has 0 spiro atoms. The molecule has 0 fully saturated rings. The first kappa shape index (κ1) is 15.9. The molecule has 0 aliphatic carbocycles. The van der Waals surface area contributed by atoms with Crippen molar-refractivity contribution in [1.29, 1.82) is 0 Å². The molecule has 0 aliphatic heterocycles. The van der Waals surface area contributed by atoms with E-state index in [0.717, 1.165) is 0 Å². The number of benzene rings is 2. The fourth-order valence-corrected chi connectivity index (χ4v) is 2.57. The van der Waals surface area contributed by atoms with Crippen molar-refractivity contribution in [2.75, 3.05) is 12.4 Å². The number of nitrogens with zero attached hydrogens (tertiary/aromatic N) is 4. The molecule has 6 nitrogen and oxygen atoms in total. The Hall–Kier alpha value is -3.55. The lowest BCUT2D eigenvalue weighted by Crippen LogP contribution is -2.01. The van der Waals surface area contributed by atoms with Gasteiger partial charge in [-0.2, -0.15) is 4.52 Å². The molecule has 26 heavy (non-hydrogen) atoms. The fourth-order valence-electron chi connectivity index (χ4n) is 2.57. The summed E-state index contributed by atoms with van der Waals surface area (Å²) in [6.07, 6.45) is 0. The average Bonchev–Trinajstić information content (AvgIpc) is 3.04. The normalized spacial score (nSPS) is 10.9. The van der Waals surface area contributed by atoms with E-state index >= 15 is 0 Å². The molecule has 0 bridgehead atoms. The second-order valence-corrected chi connectivity index (χ2v) is 5.50. The first-order valence-electron chi connectivity index (χ1n) is 7.73. The molecule has 0 aliphatic rings. The molecule has 130 valence electrons. The van der Waals surface area contributed by atoms with Gasteiger partial charge in [-0.25, -0.2) is 8.78 Å². The summed E-state index contributed by atoms with van der Waals surface area (Å²) in [6.45, 7) is 0. The molecule has 0 amide bonds. The zero-order valence-corrected chi connectivity index (χ0v) is 13.6. The summed E-state index contributed by atoms with van der Waals surface area (Å²) in [5, 5.41) is 15.4. The minimum absolute atomic E-state index is 0.276. The molecule has 2 aromatic carbocycles. The van der Waals surface area contributed by atoms with Crippen molar-refractivity contribution >= 4 is 17.2 Å². The van der Waals surface area contributed by atoms with Gasteiger partial charge in [0.1, 0.15) is 17.4 Å². The van der Waals surface area contributed by atoms with Crippen molar-refractivity contribution in [1.82, 2.24) is 19.8 Å². The third kappa shape index (κ3) is 2.92. The monoisotopic (exact) mass is 353 g/mol. The lowest BCUT2D eigenvalue weighted by molar-refractivity contribution is 0.411. The zero-order valence-electron chi connectivity index (χ0n) is 13.6. The first-order chi connectivity index (χ1) is 12.6. The molecule has 8 heteroatoms. The van der Waals surface area contributed by atoms with Crippen LogP contribution in [0.1, 0.15) is 0 Å². The Balaban J connectivity index is 1.75. The summed E-state index contributed by atoms with van der Waals surface area (Å²) < 4.78 is 34.2. The number of aromatic nitrogens is 4. The summed E-state index contributed by atoms with van der Waals surface area (Å²) in [5.74, 6) is 0.215. The maximum absolute atomic E-state index is 14.1. The predicted octanol–water partition coefficient (Wildman–Crippen LogP) is 3.82. The van der Waals surface area contributed by atoms with Crippen LogP contribution in [0.4, 0.5) is 20.3 Å². The zero-order chi connectivity index (χ0) is 18.1. The van der Waals surface area contributed by atoms with E-state index in [9.17, 15) is 8.78 Å². The Morgan fingerprint density at radius 2 is 1.85 bits per heavy atom. The van der Waals surface area contributed by atoms with Gasteiger partial charge in [-0.3, -0.25) is 0 Å². The van der Waals surface area contributed by atoms with Crippen molar-refractivity contribution < 1.29 is 13.5 Å². The van der Waals surface area contributed by atoms with Crippen LogP contribution >= 0.6 is 0 Å². The van der Waals surface area contributed by atoms with Crippen molar-refractivity contribution in [3.8, 4) is 17.1 Å². The highest BCUT2D eigenvalue weighted by Crippen LogP contribution is 2.24. The van der Waals surface area contributed by atoms with Crippen LogP contribution in [0, 0.1) is 11.6 Å². The van der Waals surface area contributed by atoms with Gasteiger partial charge in [0.15, 0.2) is 17.3 Å². The number of hydrogen-bond donors (Lipinski definition) is 1. The topological polar surface area (TPSA) is 64.3 Å². The molecule has 1 N–H and O–H groups in total. The summed E-state index contributed by atoms with van der Waals surface area (Å²) in [7, 11) is 1.46. The van der Waals surface area contributed by atoms with Gasteiger partial charge >= 0.3 is 0 Å². The quantitative estimate of drug-likeness (QED) is 0.604. The van der Waals surface area contributed by atoms with Crippen LogP contribution < -0.4 is 10.1 Å². The highest BCUT2D eigenvalue weighted by atomic mass is 19.1. The summed E-state index contributed by atoms with van der Waals surface area (Å²) in [5.41, 5.74) is 1.22. The summed E-state index contributed by atoms with van der Waals surface area (Å²) in [6, 6.07) is 13.8. The molecule has 0 radical (unpaired) electrons. The first-order valence-corrected chi connectivity index (χ1v) is 7.73. The van der Waals surface area contributed by atoms with Crippen molar-refractivity contribution in [2.45, 2.75) is 0 Å². The second kappa shape index (κ2) is 6.40. The van der Waals surface area contributed by atoms with Crippen LogP contribution in [0.2, 0.25) is 0 Å². The summed E-state index contributed by atoms with van der Waals surface area (Å²) >= 11 is 0. The molecule has 2 heterocycles. The maximum atomic E-state index is 14.1. The Morgan fingerprint density at radius 3 is 2.65 bits per heavy atom. The van der Waals surface area contributed by atoms with Crippen molar-refractivity contribution in [3.05, 3.63) is 66.2 Å². The van der Waals surface area contributed by atoms with E-state index in [-0.39, 0.29) is 11.4 Å². The number of halogens is 2. The van der Waals surface area contributed by atoms with Gasteiger partial charge in [0, 0.05) is 17.8 Å². The van der Waals surface area contributed by atoms with E-state index < -0.39 is 11.6 Å². The van der Waals surface area contributed by atoms with Crippen LogP contribution in [0.15, 0.2) is 54.6 Å². The van der Waals surface area contributed by atoms with E-state index in [4.69, 9.17) is 4.74 Å². The largest absolute Gasteiger partial charge is 0.497 e. The molecule has 0 unspecified atom stereocenters. The molecule has 0 saturated heterocycles. The van der Waals surface area contributed by atoms with Crippen molar-refractivity contribution in [3.63, 3.8) is 0 Å². The van der Waals surface area contributed by atoms with Crippen LogP contribution in [-0.4, -0.2) is 26.9 Å². The van der Waals surface area contributed by atoms with Gasteiger partial charge in [0.25, 0.3) is 0 Å².